The van der Waals surface area contributed by atoms with Gasteiger partial charge in [0, 0.05) is 24.7 Å². The largest absolute Gasteiger partial charge is 0.535 e. The van der Waals surface area contributed by atoms with Crippen molar-refractivity contribution in [3.8, 4) is 5.75 Å². The first-order valence-electron chi connectivity index (χ1n) is 10.0. The summed E-state index contributed by atoms with van der Waals surface area (Å²) in [5, 5.41) is 10.4. The van der Waals surface area contributed by atoms with Crippen LogP contribution in [0.1, 0.15) is 61.4 Å². The van der Waals surface area contributed by atoms with Crippen LogP contribution < -0.4 is 4.65 Å². The molecule has 0 aromatic heterocycles. The summed E-state index contributed by atoms with van der Waals surface area (Å²) in [5.41, 5.74) is 1.39. The minimum atomic E-state index is -1.04. The zero-order valence-electron chi connectivity index (χ0n) is 16.6. The van der Waals surface area contributed by atoms with Crippen LogP contribution in [0.2, 0.25) is 5.82 Å². The Labute approximate surface area is 162 Å². The second-order valence-electron chi connectivity index (χ2n) is 8.41. The van der Waals surface area contributed by atoms with Gasteiger partial charge in [-0.2, -0.15) is 0 Å². The van der Waals surface area contributed by atoms with Crippen LogP contribution in [-0.4, -0.2) is 48.7 Å². The quantitative estimate of drug-likeness (QED) is 0.615. The normalized spacial score (nSPS) is 25.1. The van der Waals surface area contributed by atoms with E-state index >= 15 is 0 Å². The Bertz CT molecular complexity index is 697. The van der Waals surface area contributed by atoms with Crippen LogP contribution in [-0.2, 0) is 11.2 Å². The van der Waals surface area contributed by atoms with E-state index in [9.17, 15) is 14.6 Å². The average molecular weight is 371 g/mol. The molecule has 0 radical (unpaired) electrons. The molecule has 0 unspecified atom stereocenters. The Balaban J connectivity index is 1.56. The fraction of sp³-hybridized carbons (Fsp3) is 0.619. The van der Waals surface area contributed by atoms with E-state index in [0.717, 1.165) is 31.2 Å². The molecule has 27 heavy (non-hydrogen) atoms. The standard InChI is InChI=1S/C21H30BNO4/c1-14(24)20-6-4-5-16-12-17(22(26)27-21(16)20)13-19(25)11-15-7-9-18(10-8-15)23(2)3/h4-6,15,17-18,26H,7-13H2,1-3H3/t15?,17-,18?/m1/s1. The van der Waals surface area contributed by atoms with Crippen LogP contribution in [0, 0.1) is 5.92 Å². The molecule has 2 aliphatic rings. The minimum Gasteiger partial charge on any atom is -0.535 e. The number of Topliss-reactive ketones (excluding diaryl/α,β-unsaturated/α-hetero) is 2. The second-order valence-corrected chi connectivity index (χ2v) is 8.41. The van der Waals surface area contributed by atoms with Crippen LogP contribution in [0.4, 0.5) is 0 Å². The lowest BCUT2D eigenvalue weighted by molar-refractivity contribution is -0.120. The predicted molar refractivity (Wildman–Crippen MR) is 106 cm³/mol. The van der Waals surface area contributed by atoms with Crippen molar-refractivity contribution in [3.05, 3.63) is 29.3 Å². The number of rotatable bonds is 6. The van der Waals surface area contributed by atoms with Crippen LogP contribution in [0.3, 0.4) is 0 Å². The van der Waals surface area contributed by atoms with Gasteiger partial charge < -0.3 is 14.6 Å². The van der Waals surface area contributed by atoms with Crippen molar-refractivity contribution < 1.29 is 19.3 Å². The summed E-state index contributed by atoms with van der Waals surface area (Å²) in [4.78, 5) is 26.6. The van der Waals surface area contributed by atoms with Crippen molar-refractivity contribution in [1.29, 1.82) is 0 Å². The van der Waals surface area contributed by atoms with E-state index in [4.69, 9.17) is 4.65 Å². The highest BCUT2D eigenvalue weighted by molar-refractivity contribution is 6.47. The summed E-state index contributed by atoms with van der Waals surface area (Å²) in [6.07, 6.45) is 6.01. The summed E-state index contributed by atoms with van der Waals surface area (Å²) in [6.45, 7) is 1.49. The maximum Gasteiger partial charge on any atom is 0.526 e. The zero-order valence-corrected chi connectivity index (χ0v) is 16.6. The lowest BCUT2D eigenvalue weighted by Gasteiger charge is -2.33. The van der Waals surface area contributed by atoms with Crippen molar-refractivity contribution in [2.45, 2.75) is 63.7 Å². The van der Waals surface area contributed by atoms with Gasteiger partial charge >= 0.3 is 7.12 Å². The monoisotopic (exact) mass is 371 g/mol. The first kappa shape index (κ1) is 20.1. The third-order valence-corrected chi connectivity index (χ3v) is 6.15. The number of carbonyl (C=O) groups is 2. The fourth-order valence-corrected chi connectivity index (χ4v) is 4.50. The van der Waals surface area contributed by atoms with Gasteiger partial charge in [0.1, 0.15) is 11.5 Å². The Morgan fingerprint density at radius 3 is 2.52 bits per heavy atom. The highest BCUT2D eigenvalue weighted by Crippen LogP contribution is 2.37. The first-order chi connectivity index (χ1) is 12.8. The first-order valence-corrected chi connectivity index (χ1v) is 10.0. The molecule has 1 fully saturated rings. The molecule has 5 nitrogen and oxygen atoms in total. The van der Waals surface area contributed by atoms with Gasteiger partial charge in [-0.25, -0.2) is 0 Å². The van der Waals surface area contributed by atoms with Gasteiger partial charge in [-0.1, -0.05) is 12.1 Å². The van der Waals surface area contributed by atoms with Crippen LogP contribution in [0.5, 0.6) is 5.75 Å². The van der Waals surface area contributed by atoms with Crippen LogP contribution >= 0.6 is 0 Å². The Morgan fingerprint density at radius 1 is 1.19 bits per heavy atom. The summed E-state index contributed by atoms with van der Waals surface area (Å²) < 4.78 is 5.65. The van der Waals surface area contributed by atoms with Gasteiger partial charge in [-0.3, -0.25) is 9.59 Å². The third-order valence-electron chi connectivity index (χ3n) is 6.15. The van der Waals surface area contributed by atoms with Gasteiger partial charge in [-0.05, 0) is 70.7 Å². The number of nitrogens with zero attached hydrogens (tertiary/aromatic N) is 1. The number of hydrogen-bond donors (Lipinski definition) is 1. The van der Waals surface area contributed by atoms with Crippen molar-refractivity contribution in [1.82, 2.24) is 4.90 Å². The van der Waals surface area contributed by atoms with Gasteiger partial charge in [0.2, 0.25) is 0 Å². The Hall–Kier alpha value is -1.66. The van der Waals surface area contributed by atoms with E-state index in [2.05, 4.69) is 19.0 Å². The molecule has 1 N–H and O–H groups in total. The zero-order chi connectivity index (χ0) is 19.6. The highest BCUT2D eigenvalue weighted by atomic mass is 16.5. The van der Waals surface area contributed by atoms with Crippen LogP contribution in [0.25, 0.3) is 0 Å². The number of para-hydroxylation sites is 1. The molecule has 6 heteroatoms. The van der Waals surface area contributed by atoms with Crippen molar-refractivity contribution in [3.63, 3.8) is 0 Å². The van der Waals surface area contributed by atoms with Crippen molar-refractivity contribution >= 4 is 18.7 Å². The van der Waals surface area contributed by atoms with Crippen LogP contribution in [0.15, 0.2) is 18.2 Å². The van der Waals surface area contributed by atoms with Gasteiger partial charge in [0.25, 0.3) is 0 Å². The molecule has 1 aromatic rings. The molecule has 1 aromatic carbocycles. The highest BCUT2D eigenvalue weighted by Gasteiger charge is 2.37. The fourth-order valence-electron chi connectivity index (χ4n) is 4.50. The molecule has 0 spiro atoms. The average Bonchev–Trinajstić information content (AvgIpc) is 2.62. The molecule has 1 atom stereocenters. The van der Waals surface area contributed by atoms with Gasteiger partial charge in [-0.15, -0.1) is 0 Å². The minimum absolute atomic E-state index is 0.0816. The van der Waals surface area contributed by atoms with Crippen molar-refractivity contribution in [2.24, 2.45) is 5.92 Å². The van der Waals surface area contributed by atoms with Gasteiger partial charge in [0.15, 0.2) is 5.78 Å². The number of benzene rings is 1. The molecule has 0 bridgehead atoms. The smallest absolute Gasteiger partial charge is 0.526 e. The molecule has 1 aliphatic heterocycles. The van der Waals surface area contributed by atoms with E-state index in [1.165, 1.54) is 6.92 Å². The maximum absolute atomic E-state index is 12.6. The number of fused-ring (bicyclic) bond motifs is 1. The van der Waals surface area contributed by atoms with E-state index in [0.29, 0.717) is 42.5 Å². The molecule has 1 heterocycles. The second kappa shape index (κ2) is 8.57. The lowest BCUT2D eigenvalue weighted by Crippen LogP contribution is -2.36. The SMILES string of the molecule is CC(=O)c1cccc2c1OB(O)[C@@H](CC(=O)CC1CCC(N(C)C)CC1)C2. The molecule has 3 rings (SSSR count). The number of ketones is 2. The molecule has 0 amide bonds. The predicted octanol–water partition coefficient (Wildman–Crippen LogP) is 3.14. The lowest BCUT2D eigenvalue weighted by atomic mass is 9.64. The third kappa shape index (κ3) is 4.80. The number of carbonyl (C=O) groups excluding carboxylic acids is 2. The molecule has 0 saturated heterocycles. The summed E-state index contributed by atoms with van der Waals surface area (Å²) in [6, 6.07) is 6.09. The van der Waals surface area contributed by atoms with E-state index in [1.54, 1.807) is 6.07 Å². The van der Waals surface area contributed by atoms with E-state index in [1.807, 2.05) is 12.1 Å². The molecule has 1 aliphatic carbocycles. The Morgan fingerprint density at radius 2 is 1.89 bits per heavy atom. The summed E-state index contributed by atoms with van der Waals surface area (Å²) in [5.74, 6) is 0.824. The molecule has 146 valence electrons. The van der Waals surface area contributed by atoms with Crippen molar-refractivity contribution in [2.75, 3.05) is 14.1 Å². The van der Waals surface area contributed by atoms with E-state index < -0.39 is 7.12 Å². The summed E-state index contributed by atoms with van der Waals surface area (Å²) >= 11 is 0. The molecular weight excluding hydrogens is 341 g/mol. The van der Waals surface area contributed by atoms with Gasteiger partial charge in [0.05, 0.1) is 5.56 Å². The molecule has 1 saturated carbocycles. The topological polar surface area (TPSA) is 66.8 Å². The molecular formula is C21H30BNO4. The maximum atomic E-state index is 12.6. The summed E-state index contributed by atoms with van der Waals surface area (Å²) in [7, 11) is 3.21. The number of hydrogen-bond acceptors (Lipinski definition) is 5. The Kier molecular flexibility index (Phi) is 6.38. The van der Waals surface area contributed by atoms with E-state index in [-0.39, 0.29) is 17.4 Å².